The van der Waals surface area contributed by atoms with Crippen LogP contribution in [-0.2, 0) is 16.0 Å². The van der Waals surface area contributed by atoms with Crippen molar-refractivity contribution in [3.05, 3.63) is 59.1 Å². The smallest absolute Gasteiger partial charge is 0.407 e. The first-order valence-electron chi connectivity index (χ1n) is 10.1. The molecule has 31 heavy (non-hydrogen) atoms. The fraction of sp³-hybridized carbons (Fsp3) is 0.417. The van der Waals surface area contributed by atoms with Crippen LogP contribution in [0.4, 0.5) is 4.79 Å². The van der Waals surface area contributed by atoms with E-state index in [0.29, 0.717) is 11.4 Å². The van der Waals surface area contributed by atoms with Gasteiger partial charge in [0.05, 0.1) is 12.0 Å². The first-order valence-corrected chi connectivity index (χ1v) is 10.5. The third-order valence-corrected chi connectivity index (χ3v) is 5.23. The van der Waals surface area contributed by atoms with E-state index >= 15 is 0 Å². The summed E-state index contributed by atoms with van der Waals surface area (Å²) in [7, 11) is 0. The maximum absolute atomic E-state index is 12.3. The summed E-state index contributed by atoms with van der Waals surface area (Å²) in [5.41, 5.74) is 0.701. The summed E-state index contributed by atoms with van der Waals surface area (Å²) in [5, 5.41) is 22.6. The molecule has 0 aliphatic rings. The molecule has 0 radical (unpaired) electrons. The summed E-state index contributed by atoms with van der Waals surface area (Å²) in [5.74, 6) is -1.12. The predicted octanol–water partition coefficient (Wildman–Crippen LogP) is 4.92. The molecule has 0 aliphatic carbocycles. The van der Waals surface area contributed by atoms with E-state index in [2.05, 4.69) is 5.32 Å². The summed E-state index contributed by atoms with van der Waals surface area (Å²) in [4.78, 5) is 24.0. The van der Waals surface area contributed by atoms with Gasteiger partial charge in [-0.1, -0.05) is 54.1 Å². The number of carbonyl (C=O) groups excluding carboxylic acids is 1. The van der Waals surface area contributed by atoms with Crippen LogP contribution in [0.25, 0.3) is 11.1 Å². The molecule has 0 bridgehead atoms. The number of rotatable bonds is 8. The highest BCUT2D eigenvalue weighted by Crippen LogP contribution is 2.29. The van der Waals surface area contributed by atoms with E-state index in [1.165, 1.54) is 6.92 Å². The van der Waals surface area contributed by atoms with Crippen LogP contribution in [0.15, 0.2) is 48.5 Å². The lowest BCUT2D eigenvalue weighted by Gasteiger charge is -2.29. The molecule has 2 rings (SSSR count). The monoisotopic (exact) mass is 447 g/mol. The molecule has 0 spiro atoms. The van der Waals surface area contributed by atoms with Crippen molar-refractivity contribution in [2.24, 2.45) is 5.41 Å². The Morgan fingerprint density at radius 1 is 1.06 bits per heavy atom. The second-order valence-corrected chi connectivity index (χ2v) is 9.36. The number of nitrogens with one attached hydrogen (secondary N) is 1. The molecule has 3 N–H and O–H groups in total. The van der Waals surface area contributed by atoms with Gasteiger partial charge in [-0.05, 0) is 57.7 Å². The van der Waals surface area contributed by atoms with Crippen molar-refractivity contribution >= 4 is 23.7 Å². The minimum atomic E-state index is -1.39. The Bertz CT molecular complexity index is 907. The molecule has 1 unspecified atom stereocenters. The normalized spacial score (nSPS) is 14.4. The predicted molar refractivity (Wildman–Crippen MR) is 121 cm³/mol. The quantitative estimate of drug-likeness (QED) is 0.534. The first kappa shape index (κ1) is 24.7. The third-order valence-electron chi connectivity index (χ3n) is 4.90. The molecule has 1 amide bonds. The van der Waals surface area contributed by atoms with Crippen molar-refractivity contribution in [2.75, 3.05) is 6.61 Å². The van der Waals surface area contributed by atoms with Crippen LogP contribution in [-0.4, -0.2) is 40.5 Å². The standard InChI is InChI=1S/C24H30ClNO5/c1-23(2,3)31-22(30)26-18(14-24(4,15-27)21(28)29)13-16-9-11-17(12-10-16)19-7-5-6-8-20(19)25/h5-12,18,27H,13-15H2,1-4H3,(H,26,30)(H,28,29)/t18-,24?/m1/s1. The Morgan fingerprint density at radius 2 is 1.68 bits per heavy atom. The molecule has 0 aromatic heterocycles. The summed E-state index contributed by atoms with van der Waals surface area (Å²) >= 11 is 6.27. The number of carbonyl (C=O) groups is 2. The summed E-state index contributed by atoms with van der Waals surface area (Å²) in [6, 6.07) is 14.7. The van der Waals surface area contributed by atoms with Gasteiger partial charge in [-0.15, -0.1) is 0 Å². The van der Waals surface area contributed by atoms with Crippen LogP contribution in [0.2, 0.25) is 5.02 Å². The molecule has 168 valence electrons. The summed E-state index contributed by atoms with van der Waals surface area (Å²) < 4.78 is 5.33. The second-order valence-electron chi connectivity index (χ2n) is 8.95. The lowest BCUT2D eigenvalue weighted by Crippen LogP contribution is -2.45. The molecule has 2 atom stereocenters. The lowest BCUT2D eigenvalue weighted by atomic mass is 9.82. The van der Waals surface area contributed by atoms with E-state index in [4.69, 9.17) is 16.3 Å². The Balaban J connectivity index is 2.22. The maximum atomic E-state index is 12.3. The van der Waals surface area contributed by atoms with Crippen molar-refractivity contribution < 1.29 is 24.5 Å². The van der Waals surface area contributed by atoms with Crippen LogP contribution in [0.5, 0.6) is 0 Å². The average Bonchev–Trinajstić information content (AvgIpc) is 2.67. The highest BCUT2D eigenvalue weighted by Gasteiger charge is 2.36. The third kappa shape index (κ3) is 7.26. The highest BCUT2D eigenvalue weighted by atomic mass is 35.5. The van der Waals surface area contributed by atoms with Gasteiger partial charge in [0.25, 0.3) is 0 Å². The van der Waals surface area contributed by atoms with E-state index in [0.717, 1.165) is 16.7 Å². The average molecular weight is 448 g/mol. The zero-order chi connectivity index (χ0) is 23.2. The number of benzene rings is 2. The number of hydrogen-bond acceptors (Lipinski definition) is 4. The SMILES string of the molecule is CC(C)(C)OC(=O)N[C@H](Cc1ccc(-c2ccccc2Cl)cc1)CC(C)(CO)C(=O)O. The first-order chi connectivity index (χ1) is 14.4. The molecule has 2 aromatic rings. The van der Waals surface area contributed by atoms with Gasteiger partial charge in [0.15, 0.2) is 0 Å². The molecule has 0 fully saturated rings. The van der Waals surface area contributed by atoms with Crippen molar-refractivity contribution in [2.45, 2.75) is 52.2 Å². The molecule has 0 heterocycles. The fourth-order valence-corrected chi connectivity index (χ4v) is 3.46. The number of carboxylic acids is 1. The number of aliphatic hydroxyl groups is 1. The van der Waals surface area contributed by atoms with Crippen molar-refractivity contribution in [3.63, 3.8) is 0 Å². The van der Waals surface area contributed by atoms with Gasteiger partial charge in [0, 0.05) is 16.6 Å². The van der Waals surface area contributed by atoms with Crippen LogP contribution in [0.3, 0.4) is 0 Å². The second kappa shape index (κ2) is 10.2. The van der Waals surface area contributed by atoms with E-state index in [1.54, 1.807) is 20.8 Å². The molecule has 0 aliphatic heterocycles. The number of amides is 1. The Morgan fingerprint density at radius 3 is 2.19 bits per heavy atom. The van der Waals surface area contributed by atoms with Crippen LogP contribution in [0, 0.1) is 5.41 Å². The number of aliphatic hydroxyl groups excluding tert-OH is 1. The minimum absolute atomic E-state index is 0.0460. The molecular formula is C24H30ClNO5. The van der Waals surface area contributed by atoms with Gasteiger partial charge < -0.3 is 20.3 Å². The Hall–Kier alpha value is -2.57. The number of hydrogen-bond donors (Lipinski definition) is 3. The fourth-order valence-electron chi connectivity index (χ4n) is 3.21. The molecule has 0 saturated heterocycles. The van der Waals surface area contributed by atoms with E-state index in [-0.39, 0.29) is 6.42 Å². The maximum Gasteiger partial charge on any atom is 0.407 e. The van der Waals surface area contributed by atoms with Crippen molar-refractivity contribution in [3.8, 4) is 11.1 Å². The molecule has 6 nitrogen and oxygen atoms in total. The van der Waals surface area contributed by atoms with Crippen molar-refractivity contribution in [1.29, 1.82) is 0 Å². The van der Waals surface area contributed by atoms with Gasteiger partial charge >= 0.3 is 12.1 Å². The Kier molecular flexibility index (Phi) is 8.09. The number of aliphatic carboxylic acids is 1. The number of halogens is 1. The molecule has 2 aromatic carbocycles. The lowest BCUT2D eigenvalue weighted by molar-refractivity contribution is -0.151. The van der Waals surface area contributed by atoms with Gasteiger partial charge in [0.2, 0.25) is 0 Å². The molecule has 0 saturated carbocycles. The van der Waals surface area contributed by atoms with Crippen LogP contribution in [0.1, 0.15) is 39.7 Å². The highest BCUT2D eigenvalue weighted by molar-refractivity contribution is 6.33. The largest absolute Gasteiger partial charge is 0.481 e. The summed E-state index contributed by atoms with van der Waals surface area (Å²) in [6.45, 7) is 6.18. The summed E-state index contributed by atoms with van der Waals surface area (Å²) in [6.07, 6.45) is -0.203. The number of carboxylic acid groups (broad SMARTS) is 1. The number of ether oxygens (including phenoxy) is 1. The topological polar surface area (TPSA) is 95.9 Å². The zero-order valence-corrected chi connectivity index (χ0v) is 19.1. The van der Waals surface area contributed by atoms with Gasteiger partial charge in [-0.3, -0.25) is 4.79 Å². The van der Waals surface area contributed by atoms with E-state index in [1.807, 2.05) is 48.5 Å². The van der Waals surface area contributed by atoms with Crippen molar-refractivity contribution in [1.82, 2.24) is 5.32 Å². The zero-order valence-electron chi connectivity index (χ0n) is 18.3. The molecular weight excluding hydrogens is 418 g/mol. The number of alkyl carbamates (subject to hydrolysis) is 1. The minimum Gasteiger partial charge on any atom is -0.481 e. The van der Waals surface area contributed by atoms with Gasteiger partial charge in [-0.2, -0.15) is 0 Å². The molecule has 7 heteroatoms. The van der Waals surface area contributed by atoms with Crippen LogP contribution >= 0.6 is 11.6 Å². The Labute approximate surface area is 188 Å². The van der Waals surface area contributed by atoms with Gasteiger partial charge in [0.1, 0.15) is 5.60 Å². The van der Waals surface area contributed by atoms with Crippen LogP contribution < -0.4 is 5.32 Å². The van der Waals surface area contributed by atoms with E-state index < -0.39 is 35.7 Å². The van der Waals surface area contributed by atoms with E-state index in [9.17, 15) is 19.8 Å². The van der Waals surface area contributed by atoms with Gasteiger partial charge in [-0.25, -0.2) is 4.79 Å².